The van der Waals surface area contributed by atoms with E-state index in [0.29, 0.717) is 6.61 Å². The lowest BCUT2D eigenvalue weighted by Crippen LogP contribution is -2.47. The summed E-state index contributed by atoms with van der Waals surface area (Å²) in [5.41, 5.74) is 4.11. The van der Waals surface area contributed by atoms with Crippen molar-refractivity contribution in [3.05, 3.63) is 94.6 Å². The minimum Gasteiger partial charge on any atom is -0.487 e. The summed E-state index contributed by atoms with van der Waals surface area (Å²) >= 11 is 1.73. The highest BCUT2D eigenvalue weighted by Crippen LogP contribution is 2.16. The van der Waals surface area contributed by atoms with Crippen LogP contribution in [0.15, 0.2) is 77.8 Å². The van der Waals surface area contributed by atoms with Crippen molar-refractivity contribution in [2.45, 2.75) is 13.2 Å². The molecule has 1 saturated heterocycles. The van der Waals surface area contributed by atoms with Crippen LogP contribution >= 0.6 is 11.3 Å². The van der Waals surface area contributed by atoms with Gasteiger partial charge in [0.2, 0.25) is 5.91 Å². The number of aromatic nitrogens is 2. The Kier molecular flexibility index (Phi) is 6.51. The molecule has 4 heterocycles. The third-order valence-electron chi connectivity index (χ3n) is 5.77. The van der Waals surface area contributed by atoms with Gasteiger partial charge < -0.3 is 14.0 Å². The highest BCUT2D eigenvalue weighted by Gasteiger charge is 2.19. The van der Waals surface area contributed by atoms with Gasteiger partial charge in [-0.05, 0) is 58.3 Å². The number of fused-ring (bicyclic) bond motifs is 1. The predicted octanol–water partition coefficient (Wildman–Crippen LogP) is 4.33. The van der Waals surface area contributed by atoms with Crippen LogP contribution in [0, 0.1) is 0 Å². The fourth-order valence-corrected chi connectivity index (χ4v) is 4.59. The van der Waals surface area contributed by atoms with Crippen molar-refractivity contribution in [2.24, 2.45) is 0 Å². The number of thiophene rings is 1. The zero-order valence-corrected chi connectivity index (χ0v) is 19.2. The Balaban J connectivity index is 1.09. The Morgan fingerprint density at radius 1 is 1.06 bits per heavy atom. The maximum absolute atomic E-state index is 12.6. The van der Waals surface area contributed by atoms with Crippen LogP contribution in [0.1, 0.15) is 16.8 Å². The number of ether oxygens (including phenoxy) is 1. The van der Waals surface area contributed by atoms with E-state index in [1.165, 1.54) is 5.56 Å². The Bertz CT molecular complexity index is 1190. The van der Waals surface area contributed by atoms with Crippen LogP contribution in [0.25, 0.3) is 11.7 Å². The first kappa shape index (κ1) is 21.4. The minimum absolute atomic E-state index is 0.0670. The molecule has 1 aliphatic rings. The van der Waals surface area contributed by atoms with E-state index in [1.54, 1.807) is 17.4 Å². The van der Waals surface area contributed by atoms with Gasteiger partial charge in [0.1, 0.15) is 18.0 Å². The van der Waals surface area contributed by atoms with Crippen molar-refractivity contribution in [3.63, 3.8) is 0 Å². The lowest BCUT2D eigenvalue weighted by atomic mass is 10.2. The summed E-state index contributed by atoms with van der Waals surface area (Å²) in [6.07, 6.45) is 7.48. The average molecular weight is 459 g/mol. The largest absolute Gasteiger partial charge is 0.487 e. The summed E-state index contributed by atoms with van der Waals surface area (Å²) < 4.78 is 7.85. The molecule has 4 aromatic rings. The van der Waals surface area contributed by atoms with E-state index in [9.17, 15) is 4.79 Å². The van der Waals surface area contributed by atoms with Gasteiger partial charge in [-0.3, -0.25) is 9.69 Å². The van der Waals surface area contributed by atoms with E-state index in [4.69, 9.17) is 4.74 Å². The molecule has 1 amide bonds. The van der Waals surface area contributed by atoms with Crippen molar-refractivity contribution in [1.82, 2.24) is 19.2 Å². The van der Waals surface area contributed by atoms with Crippen molar-refractivity contribution in [3.8, 4) is 5.75 Å². The monoisotopic (exact) mass is 458 g/mol. The van der Waals surface area contributed by atoms with Crippen LogP contribution in [0.5, 0.6) is 5.75 Å². The number of piperazine rings is 1. The molecule has 1 fully saturated rings. The molecule has 1 aromatic carbocycles. The third-order valence-corrected chi connectivity index (χ3v) is 6.50. The van der Waals surface area contributed by atoms with Crippen molar-refractivity contribution in [1.29, 1.82) is 0 Å². The summed E-state index contributed by atoms with van der Waals surface area (Å²) in [6.45, 7) is 4.73. The molecule has 0 bridgehead atoms. The maximum atomic E-state index is 12.6. The topological polar surface area (TPSA) is 50.1 Å². The number of pyridine rings is 1. The smallest absolute Gasteiger partial charge is 0.246 e. The van der Waals surface area contributed by atoms with E-state index < -0.39 is 0 Å². The Hall–Kier alpha value is -3.42. The zero-order valence-electron chi connectivity index (χ0n) is 18.3. The summed E-state index contributed by atoms with van der Waals surface area (Å²) in [7, 11) is 0. The van der Waals surface area contributed by atoms with Gasteiger partial charge in [-0.2, -0.15) is 11.3 Å². The van der Waals surface area contributed by atoms with E-state index in [0.717, 1.165) is 55.4 Å². The van der Waals surface area contributed by atoms with Crippen LogP contribution in [0.4, 0.5) is 0 Å². The van der Waals surface area contributed by atoms with Gasteiger partial charge in [0.25, 0.3) is 0 Å². The Morgan fingerprint density at radius 3 is 2.67 bits per heavy atom. The van der Waals surface area contributed by atoms with Crippen LogP contribution < -0.4 is 4.74 Å². The summed E-state index contributed by atoms with van der Waals surface area (Å²) in [5, 5.41) is 4.30. The molecule has 0 saturated carbocycles. The van der Waals surface area contributed by atoms with Crippen LogP contribution in [0.2, 0.25) is 0 Å². The quantitative estimate of drug-likeness (QED) is 0.387. The van der Waals surface area contributed by atoms with Gasteiger partial charge in [0, 0.05) is 51.2 Å². The average Bonchev–Trinajstić information content (AvgIpc) is 3.52. The fourth-order valence-electron chi connectivity index (χ4n) is 3.93. The number of nitrogens with zero attached hydrogens (tertiary/aromatic N) is 4. The highest BCUT2D eigenvalue weighted by molar-refractivity contribution is 7.07. The number of benzene rings is 1. The minimum atomic E-state index is 0.0670. The van der Waals surface area contributed by atoms with Crippen LogP contribution in [-0.4, -0.2) is 51.3 Å². The number of rotatable bonds is 7. The molecule has 0 unspecified atom stereocenters. The van der Waals surface area contributed by atoms with E-state index in [1.807, 2.05) is 70.2 Å². The van der Waals surface area contributed by atoms with Gasteiger partial charge in [0.15, 0.2) is 0 Å². The molecule has 1 aliphatic heterocycles. The Labute approximate surface area is 197 Å². The normalized spacial score (nSPS) is 14.8. The van der Waals surface area contributed by atoms with E-state index in [-0.39, 0.29) is 5.91 Å². The van der Waals surface area contributed by atoms with E-state index in [2.05, 4.69) is 26.7 Å². The molecular formula is C26H26N4O2S. The molecule has 0 atom stereocenters. The van der Waals surface area contributed by atoms with Crippen LogP contribution in [-0.2, 0) is 17.9 Å². The lowest BCUT2D eigenvalue weighted by molar-refractivity contribution is -0.127. The molecule has 0 N–H and O–H groups in total. The predicted molar refractivity (Wildman–Crippen MR) is 131 cm³/mol. The molecule has 0 radical (unpaired) electrons. The van der Waals surface area contributed by atoms with Gasteiger partial charge in [-0.15, -0.1) is 0 Å². The van der Waals surface area contributed by atoms with Gasteiger partial charge in [-0.25, -0.2) is 4.98 Å². The van der Waals surface area contributed by atoms with Gasteiger partial charge >= 0.3 is 0 Å². The van der Waals surface area contributed by atoms with E-state index >= 15 is 0 Å². The summed E-state index contributed by atoms with van der Waals surface area (Å²) in [4.78, 5) is 21.5. The first-order valence-corrected chi connectivity index (χ1v) is 12.0. The number of amides is 1. The third kappa shape index (κ3) is 5.50. The number of carbonyl (C=O) groups is 1. The second kappa shape index (κ2) is 10.0. The Morgan fingerprint density at radius 2 is 1.91 bits per heavy atom. The highest BCUT2D eigenvalue weighted by atomic mass is 32.1. The maximum Gasteiger partial charge on any atom is 0.246 e. The van der Waals surface area contributed by atoms with Crippen molar-refractivity contribution < 1.29 is 9.53 Å². The van der Waals surface area contributed by atoms with Crippen LogP contribution in [0.3, 0.4) is 0 Å². The second-order valence-corrected chi connectivity index (χ2v) is 8.90. The SMILES string of the molecule is O=C(/C=C/c1ccc(OCc2cn3ccccc3n2)cc1)N1CCN(Cc2ccsc2)CC1. The number of imidazole rings is 1. The van der Waals surface area contributed by atoms with Crippen molar-refractivity contribution in [2.75, 3.05) is 26.2 Å². The molecule has 0 spiro atoms. The molecule has 0 aliphatic carbocycles. The molecule has 7 heteroatoms. The molecular weight excluding hydrogens is 432 g/mol. The molecule has 33 heavy (non-hydrogen) atoms. The lowest BCUT2D eigenvalue weighted by Gasteiger charge is -2.34. The first-order valence-electron chi connectivity index (χ1n) is 11.1. The summed E-state index contributed by atoms with van der Waals surface area (Å²) in [5.74, 6) is 0.842. The molecule has 6 nitrogen and oxygen atoms in total. The number of hydrogen-bond donors (Lipinski definition) is 0. The molecule has 5 rings (SSSR count). The zero-order chi connectivity index (χ0) is 22.5. The first-order chi connectivity index (χ1) is 16.2. The fraction of sp³-hybridized carbons (Fsp3) is 0.231. The van der Waals surface area contributed by atoms with Gasteiger partial charge in [0.05, 0.1) is 5.69 Å². The number of carbonyl (C=O) groups excluding carboxylic acids is 1. The molecule has 168 valence electrons. The van der Waals surface area contributed by atoms with Crippen molar-refractivity contribution >= 4 is 29.0 Å². The summed E-state index contributed by atoms with van der Waals surface area (Å²) in [6, 6.07) is 15.8. The number of hydrogen-bond acceptors (Lipinski definition) is 5. The standard InChI is InChI=1S/C26H26N4O2S/c31-26(29-14-12-28(13-15-29)17-22-10-16-33-20-22)9-6-21-4-7-24(8-5-21)32-19-23-18-30-11-2-1-3-25(30)27-23/h1-11,16,18,20H,12-15,17,19H2/b9-6+. The van der Waals surface area contributed by atoms with Gasteiger partial charge in [-0.1, -0.05) is 18.2 Å². The molecule has 3 aromatic heterocycles. The second-order valence-electron chi connectivity index (χ2n) is 8.12.